The van der Waals surface area contributed by atoms with Gasteiger partial charge in [-0.15, -0.1) is 0 Å². The van der Waals surface area contributed by atoms with Crippen LogP contribution in [0, 0.1) is 13.8 Å². The molecule has 0 aliphatic carbocycles. The molecule has 0 aliphatic rings. The predicted octanol–water partition coefficient (Wildman–Crippen LogP) is 5.00. The van der Waals surface area contributed by atoms with E-state index in [9.17, 15) is 4.79 Å². The molecule has 2 aromatic carbocycles. The van der Waals surface area contributed by atoms with Crippen LogP contribution < -0.4 is 10.1 Å². The third-order valence-corrected chi connectivity index (χ3v) is 3.97. The summed E-state index contributed by atoms with van der Waals surface area (Å²) < 4.78 is 11.0. The number of ether oxygens (including phenoxy) is 1. The Morgan fingerprint density at radius 3 is 2.35 bits per heavy atom. The van der Waals surface area contributed by atoms with Gasteiger partial charge < -0.3 is 14.6 Å². The number of rotatable bonds is 5. The largest absolute Gasteiger partial charge is 0.491 e. The Hall–Kier alpha value is -3.08. The van der Waals surface area contributed by atoms with Gasteiger partial charge in [0.25, 0.3) is 5.91 Å². The fraction of sp³-hybridized carbons (Fsp3) is 0.238. The minimum absolute atomic E-state index is 0.117. The van der Waals surface area contributed by atoms with Gasteiger partial charge in [-0.25, -0.2) is 0 Å². The van der Waals surface area contributed by atoms with Crippen LogP contribution >= 0.6 is 0 Å². The summed E-state index contributed by atoms with van der Waals surface area (Å²) in [5.74, 6) is 1.03. The second kappa shape index (κ2) is 7.44. The van der Waals surface area contributed by atoms with Crippen molar-refractivity contribution >= 4 is 11.6 Å². The van der Waals surface area contributed by atoms with Gasteiger partial charge in [-0.05, 0) is 63.1 Å². The zero-order valence-corrected chi connectivity index (χ0v) is 15.4. The molecule has 0 saturated heterocycles. The van der Waals surface area contributed by atoms with E-state index in [0.29, 0.717) is 5.76 Å². The quantitative estimate of drug-likeness (QED) is 0.703. The number of nitrogens with zero attached hydrogens (tertiary/aromatic N) is 1. The number of anilines is 1. The highest BCUT2D eigenvalue weighted by Crippen LogP contribution is 2.25. The van der Waals surface area contributed by atoms with Crippen LogP contribution in [-0.2, 0) is 0 Å². The lowest BCUT2D eigenvalue weighted by molar-refractivity contribution is 0.101. The molecule has 1 N–H and O–H groups in total. The summed E-state index contributed by atoms with van der Waals surface area (Å²) in [6, 6.07) is 15.0. The van der Waals surface area contributed by atoms with Gasteiger partial charge in [0.05, 0.1) is 6.10 Å². The first-order chi connectivity index (χ1) is 12.4. The molecule has 0 radical (unpaired) electrons. The van der Waals surface area contributed by atoms with E-state index in [4.69, 9.17) is 9.26 Å². The highest BCUT2D eigenvalue weighted by atomic mass is 16.5. The smallest absolute Gasteiger partial charge is 0.277 e. The summed E-state index contributed by atoms with van der Waals surface area (Å²) in [7, 11) is 0. The number of carbonyl (C=O) groups excluding carboxylic acids is 1. The lowest BCUT2D eigenvalue weighted by Crippen LogP contribution is -2.14. The minimum Gasteiger partial charge on any atom is -0.491 e. The Morgan fingerprint density at radius 2 is 1.73 bits per heavy atom. The molecule has 0 fully saturated rings. The molecule has 0 bridgehead atoms. The summed E-state index contributed by atoms with van der Waals surface area (Å²) in [6.45, 7) is 7.87. The van der Waals surface area contributed by atoms with Crippen molar-refractivity contribution in [3.63, 3.8) is 0 Å². The summed E-state index contributed by atoms with van der Waals surface area (Å²) in [5.41, 5.74) is 3.88. The van der Waals surface area contributed by atoms with Gasteiger partial charge in [0, 0.05) is 17.3 Å². The molecule has 134 valence electrons. The Morgan fingerprint density at radius 1 is 1.08 bits per heavy atom. The van der Waals surface area contributed by atoms with Crippen LogP contribution in [0.4, 0.5) is 5.69 Å². The lowest BCUT2D eigenvalue weighted by atomic mass is 10.1. The Labute approximate surface area is 153 Å². The summed E-state index contributed by atoms with van der Waals surface area (Å²) in [4.78, 5) is 12.5. The van der Waals surface area contributed by atoms with E-state index in [0.717, 1.165) is 28.1 Å². The first kappa shape index (κ1) is 17.7. The molecule has 5 heteroatoms. The molecule has 3 rings (SSSR count). The number of aryl methyl sites for hydroxylation is 2. The number of hydrogen-bond acceptors (Lipinski definition) is 4. The monoisotopic (exact) mass is 350 g/mol. The fourth-order valence-corrected chi connectivity index (χ4v) is 2.68. The average molecular weight is 350 g/mol. The van der Waals surface area contributed by atoms with Crippen molar-refractivity contribution in [2.75, 3.05) is 5.32 Å². The minimum atomic E-state index is -0.294. The molecular weight excluding hydrogens is 328 g/mol. The SMILES string of the molecule is Cc1cccc(C)c1NC(=O)c1cc(-c2ccc(OC(C)C)cc2)on1. The van der Waals surface area contributed by atoms with Crippen molar-refractivity contribution in [1.82, 2.24) is 5.16 Å². The maximum Gasteiger partial charge on any atom is 0.277 e. The first-order valence-electron chi connectivity index (χ1n) is 8.55. The molecule has 0 atom stereocenters. The van der Waals surface area contributed by atoms with Crippen molar-refractivity contribution in [3.05, 3.63) is 65.4 Å². The van der Waals surface area contributed by atoms with Gasteiger partial charge in [0.15, 0.2) is 11.5 Å². The maximum absolute atomic E-state index is 12.5. The molecule has 0 spiro atoms. The molecule has 1 amide bonds. The molecule has 1 aromatic heterocycles. The van der Waals surface area contributed by atoms with Crippen LogP contribution in [-0.4, -0.2) is 17.2 Å². The first-order valence-corrected chi connectivity index (χ1v) is 8.55. The topological polar surface area (TPSA) is 64.4 Å². The zero-order valence-electron chi connectivity index (χ0n) is 15.4. The van der Waals surface area contributed by atoms with Gasteiger partial charge in [0.1, 0.15) is 5.75 Å². The number of nitrogens with one attached hydrogen (secondary N) is 1. The van der Waals surface area contributed by atoms with Crippen LogP contribution in [0.5, 0.6) is 5.75 Å². The van der Waals surface area contributed by atoms with E-state index in [1.54, 1.807) is 6.07 Å². The van der Waals surface area contributed by atoms with Crippen LogP contribution in [0.25, 0.3) is 11.3 Å². The van der Waals surface area contributed by atoms with Crippen molar-refractivity contribution in [2.45, 2.75) is 33.8 Å². The zero-order chi connectivity index (χ0) is 18.7. The van der Waals surface area contributed by atoms with Crippen molar-refractivity contribution < 1.29 is 14.1 Å². The third-order valence-electron chi connectivity index (χ3n) is 3.97. The van der Waals surface area contributed by atoms with Gasteiger partial charge in [-0.1, -0.05) is 23.4 Å². The third kappa shape index (κ3) is 3.94. The standard InChI is InChI=1S/C21H22N2O3/c1-13(2)25-17-10-8-16(9-11-17)19-12-18(23-26-19)21(24)22-20-14(3)6-5-7-15(20)4/h5-13H,1-4H3,(H,22,24). The highest BCUT2D eigenvalue weighted by Gasteiger charge is 2.15. The van der Waals surface area contributed by atoms with Crippen LogP contribution in [0.3, 0.4) is 0 Å². The van der Waals surface area contributed by atoms with E-state index in [2.05, 4.69) is 10.5 Å². The van der Waals surface area contributed by atoms with Crippen LogP contribution in [0.2, 0.25) is 0 Å². The second-order valence-electron chi connectivity index (χ2n) is 6.49. The molecule has 26 heavy (non-hydrogen) atoms. The van der Waals surface area contributed by atoms with Crippen molar-refractivity contribution in [1.29, 1.82) is 0 Å². The Balaban J connectivity index is 1.76. The summed E-state index contributed by atoms with van der Waals surface area (Å²) in [5, 5.41) is 6.81. The van der Waals surface area contributed by atoms with Crippen molar-refractivity contribution in [3.8, 4) is 17.1 Å². The molecule has 0 aliphatic heterocycles. The molecular formula is C21H22N2O3. The number of hydrogen-bond donors (Lipinski definition) is 1. The molecule has 0 unspecified atom stereocenters. The Kier molecular flexibility index (Phi) is 5.07. The Bertz CT molecular complexity index is 891. The van der Waals surface area contributed by atoms with Gasteiger partial charge in [-0.3, -0.25) is 4.79 Å². The van der Waals surface area contributed by atoms with E-state index < -0.39 is 0 Å². The number of benzene rings is 2. The highest BCUT2D eigenvalue weighted by molar-refractivity contribution is 6.04. The van der Waals surface area contributed by atoms with Crippen LogP contribution in [0.1, 0.15) is 35.5 Å². The predicted molar refractivity (Wildman–Crippen MR) is 102 cm³/mol. The molecule has 3 aromatic rings. The van der Waals surface area contributed by atoms with E-state index in [1.807, 2.05) is 70.2 Å². The van der Waals surface area contributed by atoms with Gasteiger partial charge in [-0.2, -0.15) is 0 Å². The van der Waals surface area contributed by atoms with Crippen LogP contribution in [0.15, 0.2) is 53.1 Å². The second-order valence-corrected chi connectivity index (χ2v) is 6.49. The summed E-state index contributed by atoms with van der Waals surface area (Å²) >= 11 is 0. The number of carbonyl (C=O) groups is 1. The fourth-order valence-electron chi connectivity index (χ4n) is 2.68. The van der Waals surface area contributed by atoms with E-state index in [1.165, 1.54) is 0 Å². The average Bonchev–Trinajstić information content (AvgIpc) is 3.08. The van der Waals surface area contributed by atoms with Gasteiger partial charge >= 0.3 is 0 Å². The normalized spacial score (nSPS) is 10.8. The molecule has 1 heterocycles. The van der Waals surface area contributed by atoms with Gasteiger partial charge in [0.2, 0.25) is 0 Å². The lowest BCUT2D eigenvalue weighted by Gasteiger charge is -2.09. The number of aromatic nitrogens is 1. The molecule has 0 saturated carbocycles. The van der Waals surface area contributed by atoms with E-state index >= 15 is 0 Å². The number of para-hydroxylation sites is 1. The molecule has 5 nitrogen and oxygen atoms in total. The summed E-state index contributed by atoms with van der Waals surface area (Å²) in [6.07, 6.45) is 0.117. The number of amides is 1. The van der Waals surface area contributed by atoms with Crippen molar-refractivity contribution in [2.24, 2.45) is 0 Å². The van der Waals surface area contributed by atoms with E-state index in [-0.39, 0.29) is 17.7 Å². The maximum atomic E-state index is 12.5.